The third kappa shape index (κ3) is 4.06. The Morgan fingerprint density at radius 2 is 2.00 bits per heavy atom. The summed E-state index contributed by atoms with van der Waals surface area (Å²) in [6, 6.07) is 0. The van der Waals surface area contributed by atoms with E-state index in [9.17, 15) is 14.4 Å². The van der Waals surface area contributed by atoms with Crippen LogP contribution in [0.15, 0.2) is 14.6 Å². The average Bonchev–Trinajstić information content (AvgIpc) is 2.49. The van der Waals surface area contributed by atoms with Gasteiger partial charge in [0.05, 0.1) is 6.61 Å². The second-order valence-electron chi connectivity index (χ2n) is 4.63. The quantitative estimate of drug-likeness (QED) is 0.451. The number of hydrogen-bond acceptors (Lipinski definition) is 6. The van der Waals surface area contributed by atoms with Crippen LogP contribution in [0.5, 0.6) is 0 Å². The molecule has 22 heavy (non-hydrogen) atoms. The second kappa shape index (κ2) is 8.16. The van der Waals surface area contributed by atoms with Crippen LogP contribution in [0.1, 0.15) is 26.7 Å². The third-order valence-corrected chi connectivity index (χ3v) is 3.05. The lowest BCUT2D eigenvalue weighted by atomic mass is 10.3. The maximum absolute atomic E-state index is 12.2. The summed E-state index contributed by atoms with van der Waals surface area (Å²) >= 11 is 0. The van der Waals surface area contributed by atoms with E-state index in [1.54, 1.807) is 20.9 Å². The molecule has 1 aromatic heterocycles. The largest absolute Gasteiger partial charge is 0.466 e. The van der Waals surface area contributed by atoms with E-state index in [1.807, 2.05) is 0 Å². The van der Waals surface area contributed by atoms with Gasteiger partial charge in [0.25, 0.3) is 5.56 Å². The smallest absolute Gasteiger partial charge is 0.332 e. The van der Waals surface area contributed by atoms with E-state index in [2.05, 4.69) is 10.3 Å². The number of esters is 1. The Balaban J connectivity index is 2.93. The number of ether oxygens (including phenoxy) is 1. The summed E-state index contributed by atoms with van der Waals surface area (Å²) in [5.41, 5.74) is -0.644. The Morgan fingerprint density at radius 1 is 1.32 bits per heavy atom. The highest BCUT2D eigenvalue weighted by molar-refractivity contribution is 5.70. The first-order valence-corrected chi connectivity index (χ1v) is 7.12. The molecule has 0 atom stereocenters. The summed E-state index contributed by atoms with van der Waals surface area (Å²) in [6.45, 7) is 4.20. The molecule has 0 amide bonds. The zero-order valence-corrected chi connectivity index (χ0v) is 13.4. The molecule has 0 fully saturated rings. The van der Waals surface area contributed by atoms with E-state index in [0.29, 0.717) is 19.6 Å². The number of hydrogen-bond donors (Lipinski definition) is 1. The Hall–Kier alpha value is -2.38. The molecular weight excluding hydrogens is 288 g/mol. The van der Waals surface area contributed by atoms with Crippen molar-refractivity contribution in [1.82, 2.24) is 9.13 Å². The average molecular weight is 310 g/mol. The van der Waals surface area contributed by atoms with Gasteiger partial charge >= 0.3 is 11.7 Å². The Morgan fingerprint density at radius 3 is 2.59 bits per heavy atom. The summed E-state index contributed by atoms with van der Waals surface area (Å²) in [5.74, 6) is -0.00352. The van der Waals surface area contributed by atoms with Crippen molar-refractivity contribution in [2.75, 3.05) is 18.5 Å². The molecule has 122 valence electrons. The molecule has 0 saturated carbocycles. The van der Waals surface area contributed by atoms with Crippen molar-refractivity contribution in [3.63, 3.8) is 0 Å². The van der Waals surface area contributed by atoms with Crippen LogP contribution in [0.2, 0.25) is 0 Å². The molecule has 1 aromatic rings. The lowest BCUT2D eigenvalue weighted by Crippen LogP contribution is -2.38. The number of carbonyl (C=O) groups is 1. The summed E-state index contributed by atoms with van der Waals surface area (Å²) in [4.78, 5) is 39.4. The van der Waals surface area contributed by atoms with Crippen LogP contribution in [0.3, 0.4) is 0 Å². The fourth-order valence-corrected chi connectivity index (χ4v) is 1.94. The van der Waals surface area contributed by atoms with E-state index < -0.39 is 11.2 Å². The number of aliphatic imine (C=N–C) groups is 1. The lowest BCUT2D eigenvalue weighted by molar-refractivity contribution is -0.143. The molecule has 8 nitrogen and oxygen atoms in total. The Labute approximate surface area is 128 Å². The first kappa shape index (κ1) is 17.7. The molecular formula is C14H22N4O4. The number of aromatic nitrogens is 2. The molecule has 0 aromatic carbocycles. The second-order valence-corrected chi connectivity index (χ2v) is 4.63. The lowest BCUT2D eigenvalue weighted by Gasteiger charge is -2.13. The van der Waals surface area contributed by atoms with E-state index in [1.165, 1.54) is 17.8 Å². The minimum Gasteiger partial charge on any atom is -0.466 e. The SMILES string of the molecule is C/C=N\c1c(NCCCC(=O)OCC)c(=O)n(C)c(=O)n1C. The van der Waals surface area contributed by atoms with Crippen LogP contribution in [0.4, 0.5) is 11.5 Å². The molecule has 0 spiro atoms. The minimum absolute atomic E-state index is 0.242. The molecule has 0 radical (unpaired) electrons. The molecule has 0 aliphatic carbocycles. The summed E-state index contributed by atoms with van der Waals surface area (Å²) in [6.07, 6.45) is 2.29. The summed E-state index contributed by atoms with van der Waals surface area (Å²) in [5, 5.41) is 2.96. The van der Waals surface area contributed by atoms with Gasteiger partial charge in [0.1, 0.15) is 5.69 Å². The summed E-state index contributed by atoms with van der Waals surface area (Å²) in [7, 11) is 2.96. The first-order valence-electron chi connectivity index (χ1n) is 7.12. The Bertz CT molecular complexity index is 673. The van der Waals surface area contributed by atoms with E-state index >= 15 is 0 Å². The van der Waals surface area contributed by atoms with Gasteiger partial charge in [0, 0.05) is 33.3 Å². The van der Waals surface area contributed by atoms with Crippen molar-refractivity contribution in [2.45, 2.75) is 26.7 Å². The number of nitrogens with zero attached hydrogens (tertiary/aromatic N) is 3. The topological polar surface area (TPSA) is 94.7 Å². The van der Waals surface area contributed by atoms with Gasteiger partial charge in [-0.1, -0.05) is 0 Å². The predicted molar refractivity (Wildman–Crippen MR) is 85.1 cm³/mol. The fraction of sp³-hybridized carbons (Fsp3) is 0.571. The molecule has 0 aliphatic heterocycles. The monoisotopic (exact) mass is 310 g/mol. The fourth-order valence-electron chi connectivity index (χ4n) is 1.94. The maximum atomic E-state index is 12.2. The molecule has 0 saturated heterocycles. The third-order valence-electron chi connectivity index (χ3n) is 3.05. The Kier molecular flexibility index (Phi) is 6.55. The normalized spacial score (nSPS) is 10.9. The minimum atomic E-state index is -0.445. The molecule has 1 rings (SSSR count). The van der Waals surface area contributed by atoms with Crippen LogP contribution in [0.25, 0.3) is 0 Å². The van der Waals surface area contributed by atoms with Gasteiger partial charge in [-0.05, 0) is 20.3 Å². The van der Waals surface area contributed by atoms with Crippen molar-refractivity contribution < 1.29 is 9.53 Å². The van der Waals surface area contributed by atoms with Gasteiger partial charge in [0.2, 0.25) is 0 Å². The first-order chi connectivity index (χ1) is 10.4. The van der Waals surface area contributed by atoms with E-state index in [4.69, 9.17) is 4.74 Å². The molecule has 0 unspecified atom stereocenters. The number of nitrogens with one attached hydrogen (secondary N) is 1. The van der Waals surface area contributed by atoms with Gasteiger partial charge in [-0.2, -0.15) is 0 Å². The number of carbonyl (C=O) groups excluding carboxylic acids is 1. The highest BCUT2D eigenvalue weighted by Gasteiger charge is 2.14. The van der Waals surface area contributed by atoms with Gasteiger partial charge < -0.3 is 10.1 Å². The van der Waals surface area contributed by atoms with E-state index in [-0.39, 0.29) is 23.9 Å². The van der Waals surface area contributed by atoms with Crippen LogP contribution in [-0.4, -0.2) is 34.5 Å². The van der Waals surface area contributed by atoms with Crippen molar-refractivity contribution in [2.24, 2.45) is 19.1 Å². The van der Waals surface area contributed by atoms with Crippen LogP contribution in [-0.2, 0) is 23.6 Å². The maximum Gasteiger partial charge on any atom is 0.332 e. The molecule has 0 aliphatic rings. The molecule has 1 N–H and O–H groups in total. The van der Waals surface area contributed by atoms with Crippen LogP contribution < -0.4 is 16.6 Å². The highest BCUT2D eigenvalue weighted by Crippen LogP contribution is 2.17. The standard InChI is InChI=1S/C14H22N4O4/c1-5-15-12-11(13(20)18(4)14(21)17(12)3)16-9-7-8-10(19)22-6-2/h5,16H,6-9H2,1-4H3/b15-5-. The van der Waals surface area contributed by atoms with Crippen molar-refractivity contribution in [3.8, 4) is 0 Å². The van der Waals surface area contributed by atoms with Gasteiger partial charge in [-0.15, -0.1) is 0 Å². The zero-order valence-electron chi connectivity index (χ0n) is 13.4. The number of rotatable bonds is 7. The number of anilines is 1. The molecule has 0 bridgehead atoms. The molecule has 8 heteroatoms. The van der Waals surface area contributed by atoms with Crippen molar-refractivity contribution in [3.05, 3.63) is 20.8 Å². The predicted octanol–water partition coefficient (Wildman–Crippen LogP) is 0.561. The van der Waals surface area contributed by atoms with Gasteiger partial charge in [-0.25, -0.2) is 9.79 Å². The van der Waals surface area contributed by atoms with Crippen molar-refractivity contribution in [1.29, 1.82) is 0 Å². The molecule has 1 heterocycles. The van der Waals surface area contributed by atoms with Gasteiger partial charge in [-0.3, -0.25) is 18.7 Å². The van der Waals surface area contributed by atoms with Crippen molar-refractivity contribution >= 4 is 23.7 Å². The summed E-state index contributed by atoms with van der Waals surface area (Å²) < 4.78 is 7.15. The van der Waals surface area contributed by atoms with E-state index in [0.717, 1.165) is 4.57 Å². The highest BCUT2D eigenvalue weighted by atomic mass is 16.5. The zero-order chi connectivity index (χ0) is 16.7. The van der Waals surface area contributed by atoms with Crippen LogP contribution >= 0.6 is 0 Å². The van der Waals surface area contributed by atoms with Gasteiger partial charge in [0.15, 0.2) is 5.82 Å². The van der Waals surface area contributed by atoms with Crippen LogP contribution in [0, 0.1) is 0 Å².